The number of aromatic nitrogens is 2. The average Bonchev–Trinajstić information content (AvgIpc) is 2.61. The first kappa shape index (κ1) is 9.71. The average molecular weight is 194 g/mol. The Kier molecular flexibility index (Phi) is 2.87. The zero-order chi connectivity index (χ0) is 9.97. The smallest absolute Gasteiger partial charge is 0.0624 e. The van der Waals surface area contributed by atoms with Crippen LogP contribution in [-0.2, 0) is 18.2 Å². The fourth-order valence-electron chi connectivity index (χ4n) is 2.09. The van der Waals surface area contributed by atoms with Crippen LogP contribution >= 0.6 is 0 Å². The highest BCUT2D eigenvalue weighted by molar-refractivity contribution is 5.15. The Hall–Kier alpha value is -0.830. The van der Waals surface area contributed by atoms with Gasteiger partial charge in [-0.15, -0.1) is 0 Å². The molecule has 0 N–H and O–H groups in total. The van der Waals surface area contributed by atoms with Gasteiger partial charge in [0.2, 0.25) is 0 Å². The first-order valence-corrected chi connectivity index (χ1v) is 5.41. The van der Waals surface area contributed by atoms with Crippen LogP contribution in [0.1, 0.15) is 37.1 Å². The van der Waals surface area contributed by atoms with Crippen LogP contribution in [0.2, 0.25) is 0 Å². The Balaban J connectivity index is 2.17. The zero-order valence-electron chi connectivity index (χ0n) is 8.99. The number of hydrogen-bond acceptors (Lipinski definition) is 2. The van der Waals surface area contributed by atoms with E-state index in [0.29, 0.717) is 5.92 Å². The van der Waals surface area contributed by atoms with E-state index in [-0.39, 0.29) is 0 Å². The maximum Gasteiger partial charge on any atom is 0.0624 e. The molecule has 1 saturated heterocycles. The lowest BCUT2D eigenvalue weighted by atomic mass is 9.96. The third kappa shape index (κ3) is 1.82. The van der Waals surface area contributed by atoms with E-state index in [4.69, 9.17) is 4.74 Å². The topological polar surface area (TPSA) is 27.1 Å². The molecule has 3 heteroatoms. The molecule has 0 aromatic carbocycles. The summed E-state index contributed by atoms with van der Waals surface area (Å²) in [6.45, 7) is 3.95. The van der Waals surface area contributed by atoms with Crippen LogP contribution in [0.4, 0.5) is 0 Å². The molecule has 2 rings (SSSR count). The predicted octanol–water partition coefficient (Wildman–Crippen LogP) is 1.88. The minimum atomic E-state index is 0.654. The van der Waals surface area contributed by atoms with Gasteiger partial charge in [-0.2, -0.15) is 5.10 Å². The molecular formula is C11H18N2O. The Morgan fingerprint density at radius 3 is 2.79 bits per heavy atom. The molecule has 3 nitrogen and oxygen atoms in total. The normalized spacial score (nSPS) is 18.7. The summed E-state index contributed by atoms with van der Waals surface area (Å²) < 4.78 is 7.40. The Morgan fingerprint density at radius 1 is 1.50 bits per heavy atom. The van der Waals surface area contributed by atoms with Gasteiger partial charge in [-0.3, -0.25) is 4.68 Å². The van der Waals surface area contributed by atoms with Crippen molar-refractivity contribution in [2.24, 2.45) is 7.05 Å². The maximum atomic E-state index is 5.36. The first-order valence-electron chi connectivity index (χ1n) is 5.41. The molecule has 1 fully saturated rings. The van der Waals surface area contributed by atoms with Crippen LogP contribution in [0, 0.1) is 0 Å². The molecule has 1 aromatic rings. The summed E-state index contributed by atoms with van der Waals surface area (Å²) in [7, 11) is 2.05. The van der Waals surface area contributed by atoms with Gasteiger partial charge >= 0.3 is 0 Å². The molecule has 1 aliphatic heterocycles. The summed E-state index contributed by atoms with van der Waals surface area (Å²) in [5.74, 6) is 0.654. The van der Waals surface area contributed by atoms with Crippen LogP contribution in [0.5, 0.6) is 0 Å². The maximum absolute atomic E-state index is 5.36. The number of ether oxygens (including phenoxy) is 1. The van der Waals surface area contributed by atoms with E-state index in [9.17, 15) is 0 Å². The second-order valence-electron chi connectivity index (χ2n) is 3.92. The fourth-order valence-corrected chi connectivity index (χ4v) is 2.09. The molecule has 1 aromatic heterocycles. The van der Waals surface area contributed by atoms with Crippen molar-refractivity contribution in [2.45, 2.75) is 32.1 Å². The Bertz CT molecular complexity index is 300. The molecule has 2 heterocycles. The lowest BCUT2D eigenvalue weighted by molar-refractivity contribution is 0.0837. The summed E-state index contributed by atoms with van der Waals surface area (Å²) in [4.78, 5) is 0. The standard InChI is InChI=1S/C11H18N2O/c1-3-10-8-11(13(2)12-10)9-4-6-14-7-5-9/h8-9H,3-7H2,1-2H3. The molecule has 0 bridgehead atoms. The molecule has 14 heavy (non-hydrogen) atoms. The Morgan fingerprint density at radius 2 is 2.21 bits per heavy atom. The Labute approximate surface area is 85.1 Å². The highest BCUT2D eigenvalue weighted by Crippen LogP contribution is 2.26. The number of rotatable bonds is 2. The number of nitrogens with zero attached hydrogens (tertiary/aromatic N) is 2. The van der Waals surface area contributed by atoms with Gasteiger partial charge in [0.1, 0.15) is 0 Å². The molecule has 0 aliphatic carbocycles. The van der Waals surface area contributed by atoms with Gasteiger partial charge in [0.05, 0.1) is 5.69 Å². The highest BCUT2D eigenvalue weighted by Gasteiger charge is 2.19. The van der Waals surface area contributed by atoms with Crippen LogP contribution in [0.3, 0.4) is 0 Å². The zero-order valence-corrected chi connectivity index (χ0v) is 8.99. The number of aryl methyl sites for hydroxylation is 2. The van der Waals surface area contributed by atoms with Gasteiger partial charge in [-0.1, -0.05) is 6.92 Å². The van der Waals surface area contributed by atoms with Crippen molar-refractivity contribution in [3.05, 3.63) is 17.5 Å². The number of hydrogen-bond donors (Lipinski definition) is 0. The van der Waals surface area contributed by atoms with Crippen LogP contribution in [-0.4, -0.2) is 23.0 Å². The van der Waals surface area contributed by atoms with Crippen molar-refractivity contribution in [2.75, 3.05) is 13.2 Å². The predicted molar refractivity (Wildman–Crippen MR) is 55.4 cm³/mol. The lowest BCUT2D eigenvalue weighted by Crippen LogP contribution is -2.16. The van der Waals surface area contributed by atoms with Gasteiger partial charge in [-0.05, 0) is 25.3 Å². The molecule has 0 radical (unpaired) electrons. The SMILES string of the molecule is CCc1cc(C2CCOCC2)n(C)n1. The highest BCUT2D eigenvalue weighted by atomic mass is 16.5. The van der Waals surface area contributed by atoms with Gasteiger partial charge in [0.25, 0.3) is 0 Å². The van der Waals surface area contributed by atoms with E-state index in [2.05, 4.69) is 18.1 Å². The van der Waals surface area contributed by atoms with Crippen LogP contribution in [0.15, 0.2) is 6.07 Å². The minimum Gasteiger partial charge on any atom is -0.381 e. The van der Waals surface area contributed by atoms with E-state index in [0.717, 1.165) is 32.5 Å². The van der Waals surface area contributed by atoms with Crippen LogP contribution < -0.4 is 0 Å². The molecule has 1 aliphatic rings. The summed E-state index contributed by atoms with van der Waals surface area (Å²) in [6.07, 6.45) is 3.31. The van der Waals surface area contributed by atoms with Crippen molar-refractivity contribution >= 4 is 0 Å². The largest absolute Gasteiger partial charge is 0.381 e. The molecule has 0 unspecified atom stereocenters. The van der Waals surface area contributed by atoms with E-state index in [1.54, 1.807) is 0 Å². The van der Waals surface area contributed by atoms with Crippen molar-refractivity contribution in [3.63, 3.8) is 0 Å². The first-order chi connectivity index (χ1) is 6.81. The fraction of sp³-hybridized carbons (Fsp3) is 0.727. The second kappa shape index (κ2) is 4.13. The summed E-state index contributed by atoms with van der Waals surface area (Å²) in [5, 5.41) is 4.48. The molecule has 0 spiro atoms. The van der Waals surface area contributed by atoms with Gasteiger partial charge in [0.15, 0.2) is 0 Å². The third-order valence-electron chi connectivity index (χ3n) is 2.97. The minimum absolute atomic E-state index is 0.654. The van der Waals surface area contributed by atoms with Gasteiger partial charge in [-0.25, -0.2) is 0 Å². The summed E-state index contributed by atoms with van der Waals surface area (Å²) >= 11 is 0. The summed E-state index contributed by atoms with van der Waals surface area (Å²) in [5.41, 5.74) is 2.58. The van der Waals surface area contributed by atoms with Crippen molar-refractivity contribution in [1.29, 1.82) is 0 Å². The van der Waals surface area contributed by atoms with E-state index in [1.165, 1.54) is 11.4 Å². The monoisotopic (exact) mass is 194 g/mol. The van der Waals surface area contributed by atoms with E-state index >= 15 is 0 Å². The van der Waals surface area contributed by atoms with Crippen molar-refractivity contribution in [1.82, 2.24) is 9.78 Å². The molecule has 0 amide bonds. The molecular weight excluding hydrogens is 176 g/mol. The van der Waals surface area contributed by atoms with Gasteiger partial charge in [0, 0.05) is 31.9 Å². The van der Waals surface area contributed by atoms with E-state index in [1.807, 2.05) is 11.7 Å². The molecule has 0 atom stereocenters. The summed E-state index contributed by atoms with van der Waals surface area (Å²) in [6, 6.07) is 2.25. The van der Waals surface area contributed by atoms with Crippen molar-refractivity contribution in [3.8, 4) is 0 Å². The van der Waals surface area contributed by atoms with Gasteiger partial charge < -0.3 is 4.74 Å². The quantitative estimate of drug-likeness (QED) is 0.718. The van der Waals surface area contributed by atoms with Crippen molar-refractivity contribution < 1.29 is 4.74 Å². The second-order valence-corrected chi connectivity index (χ2v) is 3.92. The third-order valence-corrected chi connectivity index (χ3v) is 2.97. The van der Waals surface area contributed by atoms with E-state index < -0.39 is 0 Å². The lowest BCUT2D eigenvalue weighted by Gasteiger charge is -2.21. The molecule has 0 saturated carbocycles. The molecule has 78 valence electrons. The van der Waals surface area contributed by atoms with Crippen LogP contribution in [0.25, 0.3) is 0 Å².